The first kappa shape index (κ1) is 12.0. The molecular weight excluding hydrogens is 182 g/mol. The standard InChI is InChI=1S/C14H21N/c1-5-6-9-15-13(4)14-8-7-11(2)10-12(14)3/h5,7-8,10,13,15H,1,6,9H2,2-4H3. The van der Waals surface area contributed by atoms with Crippen molar-refractivity contribution in [3.63, 3.8) is 0 Å². The van der Waals surface area contributed by atoms with E-state index in [1.54, 1.807) is 0 Å². The van der Waals surface area contributed by atoms with Gasteiger partial charge in [0.05, 0.1) is 0 Å². The Balaban J connectivity index is 2.64. The first-order chi connectivity index (χ1) is 7.15. The highest BCUT2D eigenvalue weighted by atomic mass is 14.9. The Morgan fingerprint density at radius 2 is 2.13 bits per heavy atom. The molecule has 0 saturated carbocycles. The molecular formula is C14H21N. The number of aryl methyl sites for hydroxylation is 2. The summed E-state index contributed by atoms with van der Waals surface area (Å²) in [7, 11) is 0. The van der Waals surface area contributed by atoms with E-state index >= 15 is 0 Å². The highest BCUT2D eigenvalue weighted by Gasteiger charge is 2.06. The van der Waals surface area contributed by atoms with Crippen molar-refractivity contribution in [2.45, 2.75) is 33.2 Å². The van der Waals surface area contributed by atoms with Crippen molar-refractivity contribution in [3.05, 3.63) is 47.5 Å². The zero-order valence-corrected chi connectivity index (χ0v) is 10.0. The molecule has 0 heterocycles. The summed E-state index contributed by atoms with van der Waals surface area (Å²) in [5.74, 6) is 0. The van der Waals surface area contributed by atoms with Gasteiger partial charge in [0.25, 0.3) is 0 Å². The van der Waals surface area contributed by atoms with Crippen molar-refractivity contribution in [2.75, 3.05) is 6.54 Å². The Morgan fingerprint density at radius 1 is 1.40 bits per heavy atom. The molecule has 1 atom stereocenters. The second-order valence-corrected chi connectivity index (χ2v) is 4.11. The molecule has 0 fully saturated rings. The normalized spacial score (nSPS) is 12.5. The molecule has 0 aliphatic carbocycles. The Kier molecular flexibility index (Phi) is 4.57. The molecule has 82 valence electrons. The lowest BCUT2D eigenvalue weighted by atomic mass is 10.0. The third-order valence-electron chi connectivity index (χ3n) is 2.69. The van der Waals surface area contributed by atoms with Gasteiger partial charge in [-0.2, -0.15) is 0 Å². The smallest absolute Gasteiger partial charge is 0.0294 e. The van der Waals surface area contributed by atoms with E-state index in [4.69, 9.17) is 0 Å². The van der Waals surface area contributed by atoms with Gasteiger partial charge in [0, 0.05) is 6.04 Å². The molecule has 1 aromatic carbocycles. The lowest BCUT2D eigenvalue weighted by molar-refractivity contribution is 0.579. The van der Waals surface area contributed by atoms with E-state index in [-0.39, 0.29) is 0 Å². The van der Waals surface area contributed by atoms with Gasteiger partial charge < -0.3 is 5.32 Å². The Morgan fingerprint density at radius 3 is 2.73 bits per heavy atom. The molecule has 0 radical (unpaired) electrons. The van der Waals surface area contributed by atoms with Crippen molar-refractivity contribution in [1.82, 2.24) is 5.32 Å². The monoisotopic (exact) mass is 203 g/mol. The summed E-state index contributed by atoms with van der Waals surface area (Å²) in [6.07, 6.45) is 2.97. The number of nitrogens with one attached hydrogen (secondary N) is 1. The number of hydrogen-bond acceptors (Lipinski definition) is 1. The lowest BCUT2D eigenvalue weighted by Crippen LogP contribution is -2.20. The van der Waals surface area contributed by atoms with Crippen LogP contribution in [-0.2, 0) is 0 Å². The molecule has 15 heavy (non-hydrogen) atoms. The summed E-state index contributed by atoms with van der Waals surface area (Å²) < 4.78 is 0. The molecule has 0 aromatic heterocycles. The molecule has 0 bridgehead atoms. The van der Waals surface area contributed by atoms with E-state index in [1.807, 2.05) is 6.08 Å². The second-order valence-electron chi connectivity index (χ2n) is 4.11. The second kappa shape index (κ2) is 5.72. The zero-order chi connectivity index (χ0) is 11.3. The summed E-state index contributed by atoms with van der Waals surface area (Å²) >= 11 is 0. The van der Waals surface area contributed by atoms with Gasteiger partial charge in [-0.15, -0.1) is 6.58 Å². The van der Waals surface area contributed by atoms with Crippen molar-refractivity contribution < 1.29 is 0 Å². The highest BCUT2D eigenvalue weighted by Crippen LogP contribution is 2.18. The number of benzene rings is 1. The maximum absolute atomic E-state index is 3.72. The highest BCUT2D eigenvalue weighted by molar-refractivity contribution is 5.32. The van der Waals surface area contributed by atoms with E-state index in [1.165, 1.54) is 16.7 Å². The summed E-state index contributed by atoms with van der Waals surface area (Å²) in [6, 6.07) is 7.05. The van der Waals surface area contributed by atoms with Crippen molar-refractivity contribution in [3.8, 4) is 0 Å². The first-order valence-electron chi connectivity index (χ1n) is 5.56. The minimum Gasteiger partial charge on any atom is -0.310 e. The van der Waals surface area contributed by atoms with Crippen LogP contribution in [0.5, 0.6) is 0 Å². The van der Waals surface area contributed by atoms with E-state index in [2.05, 4.69) is 50.9 Å². The molecule has 1 rings (SSSR count). The Hall–Kier alpha value is -1.08. The fraction of sp³-hybridized carbons (Fsp3) is 0.429. The lowest BCUT2D eigenvalue weighted by Gasteiger charge is -2.16. The molecule has 0 aliphatic heterocycles. The molecule has 0 saturated heterocycles. The van der Waals surface area contributed by atoms with Crippen LogP contribution in [0.25, 0.3) is 0 Å². The average molecular weight is 203 g/mol. The van der Waals surface area contributed by atoms with E-state index in [0.717, 1.165) is 13.0 Å². The third-order valence-corrected chi connectivity index (χ3v) is 2.69. The van der Waals surface area contributed by atoms with Gasteiger partial charge in [-0.3, -0.25) is 0 Å². The maximum Gasteiger partial charge on any atom is 0.0294 e. The quantitative estimate of drug-likeness (QED) is 0.570. The largest absolute Gasteiger partial charge is 0.310 e. The van der Waals surface area contributed by atoms with Crippen LogP contribution in [0.1, 0.15) is 36.1 Å². The summed E-state index contributed by atoms with van der Waals surface area (Å²) in [5.41, 5.74) is 4.09. The fourth-order valence-corrected chi connectivity index (χ4v) is 1.82. The molecule has 0 aliphatic rings. The zero-order valence-electron chi connectivity index (χ0n) is 10.0. The maximum atomic E-state index is 3.72. The van der Waals surface area contributed by atoms with Gasteiger partial charge in [-0.25, -0.2) is 0 Å². The number of rotatable bonds is 5. The van der Waals surface area contributed by atoms with Crippen molar-refractivity contribution >= 4 is 0 Å². The molecule has 1 N–H and O–H groups in total. The van der Waals surface area contributed by atoms with Crippen LogP contribution in [0.3, 0.4) is 0 Å². The van der Waals surface area contributed by atoms with Crippen LogP contribution in [0.4, 0.5) is 0 Å². The summed E-state index contributed by atoms with van der Waals surface area (Å²) in [6.45, 7) is 11.2. The summed E-state index contributed by atoms with van der Waals surface area (Å²) in [5, 5.41) is 3.49. The van der Waals surface area contributed by atoms with Crippen LogP contribution in [0.2, 0.25) is 0 Å². The van der Waals surface area contributed by atoms with Crippen LogP contribution in [0.15, 0.2) is 30.9 Å². The minimum atomic E-state index is 0.422. The number of hydrogen-bond donors (Lipinski definition) is 1. The predicted octanol–water partition coefficient (Wildman–Crippen LogP) is 3.53. The first-order valence-corrected chi connectivity index (χ1v) is 5.56. The molecule has 0 amide bonds. The van der Waals surface area contributed by atoms with Gasteiger partial charge in [0.2, 0.25) is 0 Å². The SMILES string of the molecule is C=CCCNC(C)c1ccc(C)cc1C. The van der Waals surface area contributed by atoms with Crippen LogP contribution < -0.4 is 5.32 Å². The summed E-state index contributed by atoms with van der Waals surface area (Å²) in [4.78, 5) is 0. The van der Waals surface area contributed by atoms with E-state index in [9.17, 15) is 0 Å². The van der Waals surface area contributed by atoms with Crippen molar-refractivity contribution in [2.24, 2.45) is 0 Å². The Labute approximate surface area is 93.2 Å². The van der Waals surface area contributed by atoms with Crippen molar-refractivity contribution in [1.29, 1.82) is 0 Å². The molecule has 1 aromatic rings. The fourth-order valence-electron chi connectivity index (χ4n) is 1.82. The van der Waals surface area contributed by atoms with Crippen LogP contribution in [-0.4, -0.2) is 6.54 Å². The average Bonchev–Trinajstić information content (AvgIpc) is 2.17. The van der Waals surface area contributed by atoms with Gasteiger partial charge >= 0.3 is 0 Å². The Bertz CT molecular complexity index is 328. The topological polar surface area (TPSA) is 12.0 Å². The molecule has 1 nitrogen and oxygen atoms in total. The molecule has 1 unspecified atom stereocenters. The van der Waals surface area contributed by atoms with Gasteiger partial charge in [0.1, 0.15) is 0 Å². The van der Waals surface area contributed by atoms with E-state index in [0.29, 0.717) is 6.04 Å². The third kappa shape index (κ3) is 3.52. The van der Waals surface area contributed by atoms with Gasteiger partial charge in [-0.1, -0.05) is 29.8 Å². The van der Waals surface area contributed by atoms with Crippen LogP contribution >= 0.6 is 0 Å². The van der Waals surface area contributed by atoms with Crippen LogP contribution in [0, 0.1) is 13.8 Å². The predicted molar refractivity (Wildman–Crippen MR) is 67.1 cm³/mol. The van der Waals surface area contributed by atoms with Gasteiger partial charge in [-0.05, 0) is 44.9 Å². The van der Waals surface area contributed by atoms with Gasteiger partial charge in [0.15, 0.2) is 0 Å². The molecule has 1 heteroatoms. The molecule has 0 spiro atoms. The van der Waals surface area contributed by atoms with E-state index < -0.39 is 0 Å². The minimum absolute atomic E-state index is 0.422.